The van der Waals surface area contributed by atoms with Gasteiger partial charge in [-0.1, -0.05) is 35.3 Å². The van der Waals surface area contributed by atoms with Crippen LogP contribution >= 0.6 is 23.2 Å². The van der Waals surface area contributed by atoms with Crippen LogP contribution in [0.2, 0.25) is 10.0 Å². The molecule has 1 aliphatic rings. The fraction of sp³-hybridized carbons (Fsp3) is 0.333. The number of ether oxygens (including phenoxy) is 1. The molecule has 1 fully saturated rings. The number of hydrogen-bond donors (Lipinski definition) is 1. The van der Waals surface area contributed by atoms with Gasteiger partial charge in [-0.2, -0.15) is 0 Å². The molecular weight excluding hydrogens is 511 g/mol. The van der Waals surface area contributed by atoms with Gasteiger partial charge >= 0.3 is 6.09 Å². The number of fused-ring (bicyclic) bond motifs is 1. The summed E-state index contributed by atoms with van der Waals surface area (Å²) in [5.41, 5.74) is 2.33. The summed E-state index contributed by atoms with van der Waals surface area (Å²) in [5, 5.41) is 4.72. The number of carbonyl (C=O) groups is 1. The van der Waals surface area contributed by atoms with E-state index in [2.05, 4.69) is 15.3 Å². The van der Waals surface area contributed by atoms with Gasteiger partial charge in [0.25, 0.3) is 0 Å². The number of anilines is 1. The molecule has 8 nitrogen and oxygen atoms in total. The van der Waals surface area contributed by atoms with Crippen LogP contribution in [0.1, 0.15) is 33.6 Å². The van der Waals surface area contributed by atoms with E-state index < -0.39 is 5.60 Å². The summed E-state index contributed by atoms with van der Waals surface area (Å²) in [7, 11) is 0. The fourth-order valence-electron chi connectivity index (χ4n) is 4.44. The third-order valence-corrected chi connectivity index (χ3v) is 6.64. The number of piperidine rings is 1. The second-order valence-electron chi connectivity index (χ2n) is 10.0. The molecule has 5 rings (SSSR count). The van der Waals surface area contributed by atoms with Crippen LogP contribution in [0.3, 0.4) is 0 Å². The highest BCUT2D eigenvalue weighted by Crippen LogP contribution is 2.34. The standard InChI is InChI=1S/C27H28Cl2N6O2/c1-27(2,3)37-26(36)34-14-6-7-18(15-34)32-23-22-25(31-16-30-23)35(19-12-10-17(28)11-13-19)24(33-22)20-8-4-5-9-21(20)29/h4-5,8-13,16,18H,6-7,14-15H2,1-3H3,(H,30,31,32)/t18-/m0/s1. The predicted octanol–water partition coefficient (Wildman–Crippen LogP) is 6.60. The number of nitrogens with one attached hydrogen (secondary N) is 1. The van der Waals surface area contributed by atoms with Gasteiger partial charge in [0.05, 0.1) is 5.02 Å². The molecule has 192 valence electrons. The summed E-state index contributed by atoms with van der Waals surface area (Å²) < 4.78 is 7.53. The summed E-state index contributed by atoms with van der Waals surface area (Å²) in [6, 6.07) is 15.0. The first-order valence-corrected chi connectivity index (χ1v) is 12.9. The molecule has 1 saturated heterocycles. The number of halogens is 2. The van der Waals surface area contributed by atoms with Crippen molar-refractivity contribution in [2.24, 2.45) is 0 Å². The molecule has 2 aromatic heterocycles. The molecule has 0 bridgehead atoms. The number of nitrogens with zero attached hydrogens (tertiary/aromatic N) is 5. The van der Waals surface area contributed by atoms with E-state index in [9.17, 15) is 4.79 Å². The molecule has 10 heteroatoms. The van der Waals surface area contributed by atoms with Crippen LogP contribution in [0.25, 0.3) is 28.2 Å². The third-order valence-electron chi connectivity index (χ3n) is 6.06. The van der Waals surface area contributed by atoms with Gasteiger partial charge in [-0.25, -0.2) is 19.7 Å². The molecule has 0 spiro atoms. The molecule has 2 aromatic carbocycles. The lowest BCUT2D eigenvalue weighted by Gasteiger charge is -2.34. The summed E-state index contributed by atoms with van der Waals surface area (Å²) in [6.45, 7) is 6.78. The van der Waals surface area contributed by atoms with Crippen molar-refractivity contribution in [3.63, 3.8) is 0 Å². The molecule has 0 aliphatic carbocycles. The highest BCUT2D eigenvalue weighted by Gasteiger charge is 2.29. The Balaban J connectivity index is 1.53. The Morgan fingerprint density at radius 1 is 1.08 bits per heavy atom. The summed E-state index contributed by atoms with van der Waals surface area (Å²) in [6.07, 6.45) is 2.96. The van der Waals surface area contributed by atoms with Gasteiger partial charge in [0.1, 0.15) is 17.8 Å². The minimum atomic E-state index is -0.542. The quantitative estimate of drug-likeness (QED) is 0.315. The lowest BCUT2D eigenvalue weighted by Crippen LogP contribution is -2.47. The smallest absolute Gasteiger partial charge is 0.410 e. The molecule has 1 atom stereocenters. The number of hydrogen-bond acceptors (Lipinski definition) is 6. The zero-order chi connectivity index (χ0) is 26.2. The molecule has 1 amide bonds. The van der Waals surface area contributed by atoms with Crippen LogP contribution in [-0.2, 0) is 4.74 Å². The molecule has 37 heavy (non-hydrogen) atoms. The second-order valence-corrected chi connectivity index (χ2v) is 10.9. The summed E-state index contributed by atoms with van der Waals surface area (Å²) in [4.78, 5) is 28.5. The Morgan fingerprint density at radius 3 is 2.57 bits per heavy atom. The van der Waals surface area contributed by atoms with E-state index in [1.165, 1.54) is 6.33 Å². The fourth-order valence-corrected chi connectivity index (χ4v) is 4.78. The van der Waals surface area contributed by atoms with Gasteiger partial charge in [-0.05, 0) is 70.0 Å². The average molecular weight is 539 g/mol. The molecule has 0 radical (unpaired) electrons. The number of imidazole rings is 1. The molecule has 0 unspecified atom stereocenters. The van der Waals surface area contributed by atoms with Crippen molar-refractivity contribution in [3.05, 3.63) is 64.9 Å². The lowest BCUT2D eigenvalue weighted by atomic mass is 10.1. The molecular formula is C27H28Cl2N6O2. The van der Waals surface area contributed by atoms with E-state index in [0.717, 1.165) is 24.1 Å². The topological polar surface area (TPSA) is 85.2 Å². The van der Waals surface area contributed by atoms with Crippen molar-refractivity contribution in [2.45, 2.75) is 45.3 Å². The normalized spacial score (nSPS) is 16.1. The van der Waals surface area contributed by atoms with E-state index >= 15 is 0 Å². The first kappa shape index (κ1) is 25.3. The molecule has 0 saturated carbocycles. The van der Waals surface area contributed by atoms with Crippen LogP contribution < -0.4 is 5.32 Å². The maximum absolute atomic E-state index is 12.7. The largest absolute Gasteiger partial charge is 0.444 e. The minimum Gasteiger partial charge on any atom is -0.444 e. The van der Waals surface area contributed by atoms with E-state index in [-0.39, 0.29) is 12.1 Å². The van der Waals surface area contributed by atoms with Crippen molar-refractivity contribution >= 4 is 46.3 Å². The van der Waals surface area contributed by atoms with Crippen molar-refractivity contribution < 1.29 is 9.53 Å². The number of amides is 1. The van der Waals surface area contributed by atoms with Gasteiger partial charge in [-0.15, -0.1) is 0 Å². The Kier molecular flexibility index (Phi) is 6.96. The maximum Gasteiger partial charge on any atom is 0.410 e. The number of likely N-dealkylation sites (tertiary alicyclic amines) is 1. The van der Waals surface area contributed by atoms with Crippen LogP contribution in [-0.4, -0.2) is 55.2 Å². The molecule has 4 aromatic rings. The van der Waals surface area contributed by atoms with Crippen molar-refractivity contribution in [3.8, 4) is 17.1 Å². The Morgan fingerprint density at radius 2 is 1.84 bits per heavy atom. The van der Waals surface area contributed by atoms with Crippen LogP contribution in [0.15, 0.2) is 54.9 Å². The van der Waals surface area contributed by atoms with E-state index in [1.54, 1.807) is 4.90 Å². The first-order valence-electron chi connectivity index (χ1n) is 12.2. The number of carbonyl (C=O) groups excluding carboxylic acids is 1. The van der Waals surface area contributed by atoms with Crippen LogP contribution in [0.5, 0.6) is 0 Å². The van der Waals surface area contributed by atoms with Crippen LogP contribution in [0.4, 0.5) is 10.6 Å². The lowest BCUT2D eigenvalue weighted by molar-refractivity contribution is 0.0206. The summed E-state index contributed by atoms with van der Waals surface area (Å²) >= 11 is 12.7. The SMILES string of the molecule is CC(C)(C)OC(=O)N1CCC[C@H](Nc2ncnc3c2nc(-c2ccccc2Cl)n3-c2ccc(Cl)cc2)C1. The number of aromatic nitrogens is 4. The van der Waals surface area contributed by atoms with Gasteiger partial charge in [0, 0.05) is 35.4 Å². The van der Waals surface area contributed by atoms with Gasteiger partial charge < -0.3 is 15.0 Å². The van der Waals surface area contributed by atoms with Crippen molar-refractivity contribution in [1.82, 2.24) is 24.4 Å². The monoisotopic (exact) mass is 538 g/mol. The molecule has 3 heterocycles. The Labute approximate surface area is 225 Å². The van der Waals surface area contributed by atoms with Gasteiger partial charge in [0.15, 0.2) is 17.0 Å². The highest BCUT2D eigenvalue weighted by atomic mass is 35.5. The van der Waals surface area contributed by atoms with Crippen molar-refractivity contribution in [2.75, 3.05) is 18.4 Å². The second kappa shape index (κ2) is 10.2. The van der Waals surface area contributed by atoms with E-state index in [0.29, 0.717) is 45.9 Å². The summed E-state index contributed by atoms with van der Waals surface area (Å²) in [5.74, 6) is 1.24. The van der Waals surface area contributed by atoms with Crippen molar-refractivity contribution in [1.29, 1.82) is 0 Å². The highest BCUT2D eigenvalue weighted by molar-refractivity contribution is 6.33. The van der Waals surface area contributed by atoms with Gasteiger partial charge in [-0.3, -0.25) is 4.57 Å². The predicted molar refractivity (Wildman–Crippen MR) is 147 cm³/mol. The molecule has 1 N–H and O–H groups in total. The minimum absolute atomic E-state index is 0.0104. The Bertz CT molecular complexity index is 1430. The van der Waals surface area contributed by atoms with Gasteiger partial charge in [0.2, 0.25) is 0 Å². The average Bonchev–Trinajstić information content (AvgIpc) is 3.24. The Hall–Kier alpha value is -3.36. The van der Waals surface area contributed by atoms with Crippen LogP contribution in [0, 0.1) is 0 Å². The zero-order valence-corrected chi connectivity index (χ0v) is 22.4. The third kappa shape index (κ3) is 5.50. The number of rotatable bonds is 4. The van der Waals surface area contributed by atoms with E-state index in [1.807, 2.05) is 73.9 Å². The first-order chi connectivity index (χ1) is 17.7. The number of benzene rings is 2. The van der Waals surface area contributed by atoms with E-state index in [4.69, 9.17) is 32.9 Å². The molecule has 1 aliphatic heterocycles. The zero-order valence-electron chi connectivity index (χ0n) is 20.9. The maximum atomic E-state index is 12.7.